The Labute approximate surface area is 114 Å². The second kappa shape index (κ2) is 12.6. The average molecular weight is 254 g/mol. The SMILES string of the molecule is CC.CCC.CCC(c1ccc(C)cc1)C(C)F. The van der Waals surface area contributed by atoms with Gasteiger partial charge in [0.05, 0.1) is 0 Å². The van der Waals surface area contributed by atoms with Gasteiger partial charge in [-0.1, -0.05) is 70.9 Å². The van der Waals surface area contributed by atoms with E-state index in [2.05, 4.69) is 13.8 Å². The molecule has 0 nitrogen and oxygen atoms in total. The van der Waals surface area contributed by atoms with Crippen molar-refractivity contribution >= 4 is 0 Å². The molecule has 0 spiro atoms. The van der Waals surface area contributed by atoms with Crippen LogP contribution in [0.5, 0.6) is 0 Å². The van der Waals surface area contributed by atoms with Crippen molar-refractivity contribution in [2.24, 2.45) is 0 Å². The fourth-order valence-electron chi connectivity index (χ4n) is 1.64. The maximum atomic E-state index is 13.2. The number of halogens is 1. The summed E-state index contributed by atoms with van der Waals surface area (Å²) < 4.78 is 13.2. The van der Waals surface area contributed by atoms with Crippen molar-refractivity contribution in [3.63, 3.8) is 0 Å². The number of rotatable bonds is 3. The van der Waals surface area contributed by atoms with Gasteiger partial charge in [0.2, 0.25) is 0 Å². The molecule has 0 saturated heterocycles. The van der Waals surface area contributed by atoms with Crippen LogP contribution in [0.4, 0.5) is 4.39 Å². The van der Waals surface area contributed by atoms with Crippen molar-refractivity contribution in [3.05, 3.63) is 35.4 Å². The number of aryl methyl sites for hydroxylation is 1. The first-order chi connectivity index (χ1) is 8.56. The zero-order valence-electron chi connectivity index (χ0n) is 13.3. The molecule has 0 N–H and O–H groups in total. The smallest absolute Gasteiger partial charge is 0.104 e. The van der Waals surface area contributed by atoms with Crippen molar-refractivity contribution in [1.29, 1.82) is 0 Å². The van der Waals surface area contributed by atoms with Crippen molar-refractivity contribution in [2.45, 2.75) is 73.4 Å². The topological polar surface area (TPSA) is 0 Å². The number of benzene rings is 1. The monoisotopic (exact) mass is 254 g/mol. The minimum absolute atomic E-state index is 0.0561. The predicted molar refractivity (Wildman–Crippen MR) is 82.1 cm³/mol. The van der Waals surface area contributed by atoms with E-state index in [4.69, 9.17) is 0 Å². The summed E-state index contributed by atoms with van der Waals surface area (Å²) in [4.78, 5) is 0. The quantitative estimate of drug-likeness (QED) is 0.594. The van der Waals surface area contributed by atoms with Crippen LogP contribution in [-0.2, 0) is 0 Å². The first-order valence-corrected chi connectivity index (χ1v) is 7.27. The Morgan fingerprint density at radius 2 is 1.39 bits per heavy atom. The molecule has 0 aliphatic rings. The third-order valence-electron chi connectivity index (χ3n) is 2.50. The van der Waals surface area contributed by atoms with Gasteiger partial charge < -0.3 is 0 Å². The maximum Gasteiger partial charge on any atom is 0.104 e. The van der Waals surface area contributed by atoms with E-state index in [0.717, 1.165) is 12.0 Å². The van der Waals surface area contributed by atoms with E-state index in [-0.39, 0.29) is 5.92 Å². The summed E-state index contributed by atoms with van der Waals surface area (Å²) in [6.07, 6.45) is 1.36. The van der Waals surface area contributed by atoms with E-state index in [1.165, 1.54) is 12.0 Å². The van der Waals surface area contributed by atoms with E-state index >= 15 is 0 Å². The molecule has 0 aliphatic carbocycles. The molecule has 1 aromatic rings. The van der Waals surface area contributed by atoms with Gasteiger partial charge in [-0.3, -0.25) is 0 Å². The summed E-state index contributed by atoms with van der Waals surface area (Å²) in [5.74, 6) is 0.0561. The fourth-order valence-corrected chi connectivity index (χ4v) is 1.64. The predicted octanol–water partition coefficient (Wildman–Crippen LogP) is 6.29. The largest absolute Gasteiger partial charge is 0.247 e. The molecule has 0 bridgehead atoms. The number of hydrogen-bond acceptors (Lipinski definition) is 0. The number of hydrogen-bond donors (Lipinski definition) is 0. The van der Waals surface area contributed by atoms with E-state index in [1.54, 1.807) is 6.92 Å². The van der Waals surface area contributed by atoms with Crippen molar-refractivity contribution in [1.82, 2.24) is 0 Å². The van der Waals surface area contributed by atoms with Crippen LogP contribution in [0.25, 0.3) is 0 Å². The lowest BCUT2D eigenvalue weighted by atomic mass is 9.92. The highest BCUT2D eigenvalue weighted by Crippen LogP contribution is 2.25. The zero-order valence-corrected chi connectivity index (χ0v) is 13.3. The standard InChI is InChI=1S/C12H17F.C3H8.C2H6/c1-4-12(10(3)13)11-7-5-9(2)6-8-11;1-3-2;1-2/h5-8,10,12H,4H2,1-3H3;3H2,1-2H3;1-2H3. The molecule has 18 heavy (non-hydrogen) atoms. The summed E-state index contributed by atoms with van der Waals surface area (Å²) in [6.45, 7) is 14.0. The Bertz CT molecular complexity index is 261. The second-order valence-electron chi connectivity index (χ2n) is 4.31. The van der Waals surface area contributed by atoms with Gasteiger partial charge in [-0.25, -0.2) is 4.39 Å². The highest BCUT2D eigenvalue weighted by Gasteiger charge is 2.15. The van der Waals surface area contributed by atoms with E-state index in [9.17, 15) is 4.39 Å². The third kappa shape index (κ3) is 8.27. The van der Waals surface area contributed by atoms with Crippen LogP contribution < -0.4 is 0 Å². The first kappa shape index (κ1) is 19.5. The molecule has 1 heteroatoms. The van der Waals surface area contributed by atoms with Crippen LogP contribution in [0, 0.1) is 6.92 Å². The minimum atomic E-state index is -0.757. The molecule has 0 heterocycles. The van der Waals surface area contributed by atoms with E-state index in [1.807, 2.05) is 52.0 Å². The van der Waals surface area contributed by atoms with Crippen molar-refractivity contribution < 1.29 is 4.39 Å². The van der Waals surface area contributed by atoms with Gasteiger partial charge in [-0.15, -0.1) is 0 Å². The fraction of sp³-hybridized carbons (Fsp3) is 0.647. The van der Waals surface area contributed by atoms with Crippen LogP contribution in [0.1, 0.15) is 71.4 Å². The first-order valence-electron chi connectivity index (χ1n) is 7.27. The molecular formula is C17H31F. The summed E-state index contributed by atoms with van der Waals surface area (Å²) in [7, 11) is 0. The molecule has 1 aromatic carbocycles. The lowest BCUT2D eigenvalue weighted by molar-refractivity contribution is 0.300. The Morgan fingerprint density at radius 1 is 1.00 bits per heavy atom. The van der Waals surface area contributed by atoms with Crippen molar-refractivity contribution in [3.8, 4) is 0 Å². The molecule has 0 radical (unpaired) electrons. The lowest BCUT2D eigenvalue weighted by Crippen LogP contribution is -2.08. The summed E-state index contributed by atoms with van der Waals surface area (Å²) in [5, 5.41) is 0. The molecule has 2 unspecified atom stereocenters. The zero-order chi connectivity index (χ0) is 14.6. The minimum Gasteiger partial charge on any atom is -0.247 e. The average Bonchev–Trinajstić information content (AvgIpc) is 2.35. The molecule has 0 amide bonds. The van der Waals surface area contributed by atoms with Crippen molar-refractivity contribution in [2.75, 3.05) is 0 Å². The number of alkyl halides is 1. The Hall–Kier alpha value is -0.850. The Morgan fingerprint density at radius 3 is 1.67 bits per heavy atom. The van der Waals surface area contributed by atoms with Crippen LogP contribution in [0.2, 0.25) is 0 Å². The summed E-state index contributed by atoms with van der Waals surface area (Å²) in [5.41, 5.74) is 2.34. The summed E-state index contributed by atoms with van der Waals surface area (Å²) in [6, 6.07) is 8.14. The normalized spacial score (nSPS) is 12.4. The highest BCUT2D eigenvalue weighted by molar-refractivity contribution is 5.25. The van der Waals surface area contributed by atoms with Gasteiger partial charge >= 0.3 is 0 Å². The Kier molecular flexibility index (Phi) is 13.6. The summed E-state index contributed by atoms with van der Waals surface area (Å²) >= 11 is 0. The van der Waals surface area contributed by atoms with Crippen LogP contribution in [-0.4, -0.2) is 6.17 Å². The van der Waals surface area contributed by atoms with Crippen LogP contribution >= 0.6 is 0 Å². The van der Waals surface area contributed by atoms with Gasteiger partial charge in [0.25, 0.3) is 0 Å². The van der Waals surface area contributed by atoms with Gasteiger partial charge in [-0.05, 0) is 25.8 Å². The molecule has 1 rings (SSSR count). The van der Waals surface area contributed by atoms with Gasteiger partial charge in [0.1, 0.15) is 6.17 Å². The van der Waals surface area contributed by atoms with Gasteiger partial charge in [0.15, 0.2) is 0 Å². The lowest BCUT2D eigenvalue weighted by Gasteiger charge is -2.16. The van der Waals surface area contributed by atoms with E-state index < -0.39 is 6.17 Å². The third-order valence-corrected chi connectivity index (χ3v) is 2.50. The van der Waals surface area contributed by atoms with Crippen LogP contribution in [0.3, 0.4) is 0 Å². The Balaban J connectivity index is 0. The van der Waals surface area contributed by atoms with Gasteiger partial charge in [-0.2, -0.15) is 0 Å². The highest BCUT2D eigenvalue weighted by atomic mass is 19.1. The molecular weight excluding hydrogens is 223 g/mol. The molecule has 0 saturated carbocycles. The molecule has 0 fully saturated rings. The molecule has 2 atom stereocenters. The maximum absolute atomic E-state index is 13.2. The second-order valence-corrected chi connectivity index (χ2v) is 4.31. The molecule has 106 valence electrons. The van der Waals surface area contributed by atoms with Crippen LogP contribution in [0.15, 0.2) is 24.3 Å². The molecule has 0 aliphatic heterocycles. The van der Waals surface area contributed by atoms with Gasteiger partial charge in [0, 0.05) is 5.92 Å². The molecule has 0 aromatic heterocycles. The van der Waals surface area contributed by atoms with E-state index in [0.29, 0.717) is 0 Å².